The van der Waals surface area contributed by atoms with Crippen LogP contribution in [0.2, 0.25) is 0 Å². The van der Waals surface area contributed by atoms with Gasteiger partial charge in [0.15, 0.2) is 11.5 Å². The molecule has 0 unspecified atom stereocenters. The Balaban J connectivity index is 0.00000192. The first kappa shape index (κ1) is 18.3. The van der Waals surface area contributed by atoms with Crippen molar-refractivity contribution in [1.29, 1.82) is 0 Å². The smallest absolute Gasteiger partial charge is 0.241 e. The summed E-state index contributed by atoms with van der Waals surface area (Å²) in [6.45, 7) is 1.42. The Morgan fingerprint density at radius 1 is 1.09 bits per heavy atom. The first-order valence-electron chi connectivity index (χ1n) is 7.68. The third-order valence-corrected chi connectivity index (χ3v) is 5.91. The molecule has 6 nitrogen and oxygen atoms in total. The Kier molecular flexibility index (Phi) is 5.78. The van der Waals surface area contributed by atoms with Crippen LogP contribution in [0.25, 0.3) is 0 Å². The fourth-order valence-electron chi connectivity index (χ4n) is 3.05. The maximum atomic E-state index is 12.7. The molecule has 0 saturated heterocycles. The quantitative estimate of drug-likeness (QED) is 0.852. The molecule has 1 fully saturated rings. The van der Waals surface area contributed by atoms with Crippen LogP contribution in [-0.2, 0) is 10.0 Å². The molecule has 0 radical (unpaired) electrons. The van der Waals surface area contributed by atoms with Gasteiger partial charge in [0.05, 0.1) is 18.1 Å². The molecule has 130 valence electrons. The standard InChI is InChI=1S/C15H22N2O4S.ClH/c16-11-15(6-1-2-7-15)17-22(18,19)12-4-5-13-14(10-12)21-9-3-8-20-13;/h4-5,10,17H,1-3,6-9,11,16H2;1H. The SMILES string of the molecule is Cl.NCC1(NS(=O)(=O)c2ccc3c(c2)OCCCO3)CCCC1. The zero-order valence-electron chi connectivity index (χ0n) is 12.9. The molecule has 1 heterocycles. The first-order valence-corrected chi connectivity index (χ1v) is 9.17. The van der Waals surface area contributed by atoms with Gasteiger partial charge in [-0.3, -0.25) is 0 Å². The van der Waals surface area contributed by atoms with Crippen LogP contribution in [-0.4, -0.2) is 33.7 Å². The summed E-state index contributed by atoms with van der Waals surface area (Å²) in [5.41, 5.74) is 5.30. The molecule has 1 aromatic rings. The molecular formula is C15H23ClN2O4S. The Hall–Kier alpha value is -1.02. The molecule has 0 atom stereocenters. The van der Waals surface area contributed by atoms with E-state index in [0.29, 0.717) is 31.3 Å². The number of rotatable bonds is 4. The van der Waals surface area contributed by atoms with Gasteiger partial charge in [-0.2, -0.15) is 0 Å². The second kappa shape index (κ2) is 7.25. The minimum absolute atomic E-state index is 0. The van der Waals surface area contributed by atoms with Crippen LogP contribution in [0.5, 0.6) is 11.5 Å². The van der Waals surface area contributed by atoms with Crippen molar-refractivity contribution in [3.8, 4) is 11.5 Å². The summed E-state index contributed by atoms with van der Waals surface area (Å²) in [5, 5.41) is 0. The van der Waals surface area contributed by atoms with E-state index in [1.165, 1.54) is 6.07 Å². The predicted octanol–water partition coefficient (Wildman–Crippen LogP) is 1.82. The minimum Gasteiger partial charge on any atom is -0.490 e. The van der Waals surface area contributed by atoms with Crippen molar-refractivity contribution in [3.63, 3.8) is 0 Å². The summed E-state index contributed by atoms with van der Waals surface area (Å²) in [7, 11) is -3.63. The number of halogens is 1. The number of nitrogens with two attached hydrogens (primary N) is 1. The summed E-state index contributed by atoms with van der Waals surface area (Å²) < 4.78 is 39.2. The van der Waals surface area contributed by atoms with E-state index in [9.17, 15) is 8.42 Å². The first-order chi connectivity index (χ1) is 10.5. The number of nitrogens with one attached hydrogen (secondary N) is 1. The van der Waals surface area contributed by atoms with Crippen molar-refractivity contribution in [2.75, 3.05) is 19.8 Å². The number of ether oxygens (including phenoxy) is 2. The number of hydrogen-bond acceptors (Lipinski definition) is 5. The normalized spacial score (nSPS) is 19.7. The Bertz CT molecular complexity index is 645. The molecule has 0 spiro atoms. The van der Waals surface area contributed by atoms with Gasteiger partial charge in [-0.1, -0.05) is 12.8 Å². The highest BCUT2D eigenvalue weighted by atomic mass is 35.5. The van der Waals surface area contributed by atoms with Gasteiger partial charge >= 0.3 is 0 Å². The van der Waals surface area contributed by atoms with Gasteiger partial charge < -0.3 is 15.2 Å². The molecule has 0 aromatic heterocycles. The predicted molar refractivity (Wildman–Crippen MR) is 89.9 cm³/mol. The van der Waals surface area contributed by atoms with Crippen LogP contribution in [0.3, 0.4) is 0 Å². The van der Waals surface area contributed by atoms with E-state index < -0.39 is 15.6 Å². The fraction of sp³-hybridized carbons (Fsp3) is 0.600. The minimum atomic E-state index is -3.63. The van der Waals surface area contributed by atoms with Crippen molar-refractivity contribution >= 4 is 22.4 Å². The molecule has 3 rings (SSSR count). The summed E-state index contributed by atoms with van der Waals surface area (Å²) in [6, 6.07) is 4.73. The van der Waals surface area contributed by atoms with Crippen LogP contribution < -0.4 is 19.9 Å². The molecule has 1 saturated carbocycles. The Morgan fingerprint density at radius 2 is 1.74 bits per heavy atom. The average Bonchev–Trinajstić information content (AvgIpc) is 2.83. The highest BCUT2D eigenvalue weighted by Gasteiger charge is 2.37. The van der Waals surface area contributed by atoms with Gasteiger partial charge in [0.2, 0.25) is 10.0 Å². The summed E-state index contributed by atoms with van der Waals surface area (Å²) >= 11 is 0. The van der Waals surface area contributed by atoms with Gasteiger partial charge in [-0.15, -0.1) is 12.4 Å². The second-order valence-electron chi connectivity index (χ2n) is 5.96. The largest absolute Gasteiger partial charge is 0.490 e. The third kappa shape index (κ3) is 3.91. The highest BCUT2D eigenvalue weighted by molar-refractivity contribution is 7.89. The number of sulfonamides is 1. The monoisotopic (exact) mass is 362 g/mol. The number of fused-ring (bicyclic) bond motifs is 1. The molecule has 8 heteroatoms. The lowest BCUT2D eigenvalue weighted by Gasteiger charge is -2.28. The molecule has 1 aliphatic carbocycles. The van der Waals surface area contributed by atoms with Gasteiger partial charge in [0.25, 0.3) is 0 Å². The van der Waals surface area contributed by atoms with Gasteiger partial charge in [-0.25, -0.2) is 13.1 Å². The summed E-state index contributed by atoms with van der Waals surface area (Å²) in [5.74, 6) is 1.07. The van der Waals surface area contributed by atoms with Crippen LogP contribution in [0.15, 0.2) is 23.1 Å². The van der Waals surface area contributed by atoms with Crippen LogP contribution in [0.1, 0.15) is 32.1 Å². The van der Waals surface area contributed by atoms with Gasteiger partial charge in [0.1, 0.15) is 0 Å². The van der Waals surface area contributed by atoms with Gasteiger partial charge in [0, 0.05) is 24.6 Å². The van der Waals surface area contributed by atoms with E-state index in [2.05, 4.69) is 4.72 Å². The molecule has 1 aliphatic heterocycles. The van der Waals surface area contributed by atoms with Crippen molar-refractivity contribution in [2.24, 2.45) is 5.73 Å². The van der Waals surface area contributed by atoms with Crippen molar-refractivity contribution in [3.05, 3.63) is 18.2 Å². The highest BCUT2D eigenvalue weighted by Crippen LogP contribution is 2.34. The van der Waals surface area contributed by atoms with Crippen LogP contribution in [0, 0.1) is 0 Å². The molecule has 3 N–H and O–H groups in total. The maximum Gasteiger partial charge on any atom is 0.241 e. The average molecular weight is 363 g/mol. The van der Waals surface area contributed by atoms with E-state index >= 15 is 0 Å². The van der Waals surface area contributed by atoms with Gasteiger partial charge in [-0.05, 0) is 25.0 Å². The Morgan fingerprint density at radius 3 is 2.39 bits per heavy atom. The molecule has 23 heavy (non-hydrogen) atoms. The van der Waals surface area contributed by atoms with E-state index in [0.717, 1.165) is 32.1 Å². The number of benzene rings is 1. The van der Waals surface area contributed by atoms with Crippen LogP contribution in [0.4, 0.5) is 0 Å². The fourth-order valence-corrected chi connectivity index (χ4v) is 4.54. The zero-order valence-corrected chi connectivity index (χ0v) is 14.5. The Labute approximate surface area is 143 Å². The van der Waals surface area contributed by atoms with E-state index in [1.54, 1.807) is 12.1 Å². The van der Waals surface area contributed by atoms with Crippen molar-refractivity contribution in [2.45, 2.75) is 42.5 Å². The summed E-state index contributed by atoms with van der Waals surface area (Å²) in [4.78, 5) is 0.191. The second-order valence-corrected chi connectivity index (χ2v) is 7.64. The van der Waals surface area contributed by atoms with E-state index in [1.807, 2.05) is 0 Å². The van der Waals surface area contributed by atoms with Crippen molar-refractivity contribution in [1.82, 2.24) is 4.72 Å². The lowest BCUT2D eigenvalue weighted by Crippen LogP contribution is -2.51. The van der Waals surface area contributed by atoms with E-state index in [-0.39, 0.29) is 17.3 Å². The molecule has 1 aromatic carbocycles. The number of hydrogen-bond donors (Lipinski definition) is 2. The molecular weight excluding hydrogens is 340 g/mol. The molecule has 0 amide bonds. The topological polar surface area (TPSA) is 90.7 Å². The zero-order chi connectivity index (χ0) is 15.6. The third-order valence-electron chi connectivity index (χ3n) is 4.33. The maximum absolute atomic E-state index is 12.7. The van der Waals surface area contributed by atoms with Crippen LogP contribution >= 0.6 is 12.4 Å². The van der Waals surface area contributed by atoms with Crippen molar-refractivity contribution < 1.29 is 17.9 Å². The van der Waals surface area contributed by atoms with E-state index in [4.69, 9.17) is 15.2 Å². The molecule has 2 aliphatic rings. The lowest BCUT2D eigenvalue weighted by atomic mass is 10.0. The summed E-state index contributed by atoms with van der Waals surface area (Å²) in [6.07, 6.45) is 4.35. The molecule has 0 bridgehead atoms. The lowest BCUT2D eigenvalue weighted by molar-refractivity contribution is 0.297.